The van der Waals surface area contributed by atoms with Gasteiger partial charge in [0.05, 0.1) is 4.36 Å². The Kier molecular flexibility index (Phi) is 7.73. The fourth-order valence-electron chi connectivity index (χ4n) is 0.699. The van der Waals surface area contributed by atoms with Gasteiger partial charge in [-0.15, -0.1) is 0 Å². The summed E-state index contributed by atoms with van der Waals surface area (Å²) in [5.41, 5.74) is 1.15. The van der Waals surface area contributed by atoms with Crippen LogP contribution in [0.3, 0.4) is 0 Å². The predicted octanol–water partition coefficient (Wildman–Crippen LogP) is 5.25. The van der Waals surface area contributed by atoms with Gasteiger partial charge in [-0.05, 0) is 25.8 Å². The largest absolute Gasteiger partial charge is 0.0848 e. The third-order valence-electron chi connectivity index (χ3n) is 1.61. The standard InChI is InChI=1S/C12H17ClS/c1-5-7-8-9-10(3)11(4)14-12(13)6-2/h6-9H,4-5H2,1-3H3. The highest BCUT2D eigenvalue weighted by Crippen LogP contribution is 2.31. The minimum absolute atomic E-state index is 0.766. The van der Waals surface area contributed by atoms with Gasteiger partial charge in [-0.2, -0.15) is 0 Å². The van der Waals surface area contributed by atoms with Crippen molar-refractivity contribution in [1.29, 1.82) is 0 Å². The lowest BCUT2D eigenvalue weighted by Crippen LogP contribution is -1.76. The molecule has 0 spiro atoms. The van der Waals surface area contributed by atoms with Crippen molar-refractivity contribution < 1.29 is 0 Å². The van der Waals surface area contributed by atoms with E-state index in [1.807, 2.05) is 26.0 Å². The van der Waals surface area contributed by atoms with Gasteiger partial charge in [-0.25, -0.2) is 0 Å². The zero-order chi connectivity index (χ0) is 11.0. The van der Waals surface area contributed by atoms with Crippen molar-refractivity contribution in [1.82, 2.24) is 0 Å². The summed E-state index contributed by atoms with van der Waals surface area (Å²) in [6.45, 7) is 10.0. The Morgan fingerprint density at radius 3 is 2.64 bits per heavy atom. The first-order chi connectivity index (χ1) is 6.61. The molecule has 0 atom stereocenters. The van der Waals surface area contributed by atoms with Crippen molar-refractivity contribution in [3.05, 3.63) is 45.7 Å². The molecule has 0 nitrogen and oxygen atoms in total. The van der Waals surface area contributed by atoms with E-state index in [0.717, 1.165) is 21.3 Å². The van der Waals surface area contributed by atoms with Crippen LogP contribution in [0, 0.1) is 0 Å². The highest BCUT2D eigenvalue weighted by molar-refractivity contribution is 8.08. The van der Waals surface area contributed by atoms with Gasteiger partial charge in [0.1, 0.15) is 0 Å². The summed E-state index contributed by atoms with van der Waals surface area (Å²) >= 11 is 7.38. The molecule has 0 aliphatic rings. The maximum absolute atomic E-state index is 5.88. The summed E-state index contributed by atoms with van der Waals surface area (Å²) in [5, 5.41) is 0. The van der Waals surface area contributed by atoms with Gasteiger partial charge in [-0.3, -0.25) is 0 Å². The molecule has 0 radical (unpaired) electrons. The van der Waals surface area contributed by atoms with E-state index in [1.54, 1.807) is 0 Å². The maximum atomic E-state index is 5.88. The highest BCUT2D eigenvalue weighted by atomic mass is 35.5. The van der Waals surface area contributed by atoms with Crippen LogP contribution in [0.15, 0.2) is 45.7 Å². The van der Waals surface area contributed by atoms with Gasteiger partial charge >= 0.3 is 0 Å². The van der Waals surface area contributed by atoms with Gasteiger partial charge in [0, 0.05) is 4.91 Å². The first-order valence-electron chi connectivity index (χ1n) is 4.64. The van der Waals surface area contributed by atoms with E-state index >= 15 is 0 Å². The summed E-state index contributed by atoms with van der Waals surface area (Å²) in [4.78, 5) is 0.994. The van der Waals surface area contributed by atoms with Gasteiger partial charge < -0.3 is 0 Å². The zero-order valence-electron chi connectivity index (χ0n) is 9.01. The summed E-state index contributed by atoms with van der Waals surface area (Å²) in [6.07, 6.45) is 9.13. The van der Waals surface area contributed by atoms with Crippen LogP contribution < -0.4 is 0 Å². The van der Waals surface area contributed by atoms with E-state index in [-0.39, 0.29) is 0 Å². The molecule has 0 heterocycles. The van der Waals surface area contributed by atoms with Crippen LogP contribution in [0.25, 0.3) is 0 Å². The van der Waals surface area contributed by atoms with Crippen LogP contribution in [0.2, 0.25) is 0 Å². The second kappa shape index (κ2) is 7.95. The number of halogens is 1. The Morgan fingerprint density at radius 2 is 2.14 bits per heavy atom. The molecule has 0 aromatic rings. The average Bonchev–Trinajstić information content (AvgIpc) is 2.17. The smallest absolute Gasteiger partial charge is 0.0739 e. The Hall–Kier alpha value is -0.400. The van der Waals surface area contributed by atoms with Crippen LogP contribution >= 0.6 is 23.4 Å². The quantitative estimate of drug-likeness (QED) is 0.580. The Labute approximate surface area is 96.4 Å². The van der Waals surface area contributed by atoms with Crippen molar-refractivity contribution >= 4 is 23.4 Å². The third-order valence-corrected chi connectivity index (χ3v) is 3.05. The van der Waals surface area contributed by atoms with Crippen LogP contribution in [-0.4, -0.2) is 0 Å². The summed E-state index contributed by atoms with van der Waals surface area (Å²) in [6, 6.07) is 0. The Balaban J connectivity index is 4.25. The fourth-order valence-corrected chi connectivity index (χ4v) is 1.56. The lowest BCUT2D eigenvalue weighted by Gasteiger charge is -2.02. The summed E-state index contributed by atoms with van der Waals surface area (Å²) in [7, 11) is 0. The van der Waals surface area contributed by atoms with Gasteiger partial charge in [0.25, 0.3) is 0 Å². The molecule has 0 rings (SSSR count). The molecule has 0 aromatic carbocycles. The summed E-state index contributed by atoms with van der Waals surface area (Å²) in [5.74, 6) is 0. The van der Waals surface area contributed by atoms with E-state index in [1.165, 1.54) is 11.8 Å². The Bertz CT molecular complexity index is 272. The molecule has 0 N–H and O–H groups in total. The number of thioether (sulfide) groups is 1. The van der Waals surface area contributed by atoms with Crippen molar-refractivity contribution in [2.24, 2.45) is 0 Å². The molecule has 0 bridgehead atoms. The minimum Gasteiger partial charge on any atom is -0.0848 e. The second-order valence-corrected chi connectivity index (χ2v) is 4.57. The highest BCUT2D eigenvalue weighted by Gasteiger charge is 1.98. The van der Waals surface area contributed by atoms with E-state index in [9.17, 15) is 0 Å². The molecule has 0 amide bonds. The van der Waals surface area contributed by atoms with Crippen molar-refractivity contribution in [3.8, 4) is 0 Å². The zero-order valence-corrected chi connectivity index (χ0v) is 10.6. The predicted molar refractivity (Wildman–Crippen MR) is 69.5 cm³/mol. The maximum Gasteiger partial charge on any atom is 0.0739 e. The average molecular weight is 229 g/mol. The first kappa shape index (κ1) is 13.6. The molecule has 14 heavy (non-hydrogen) atoms. The van der Waals surface area contributed by atoms with E-state index in [2.05, 4.69) is 25.7 Å². The van der Waals surface area contributed by atoms with Crippen LogP contribution in [-0.2, 0) is 0 Å². The molecule has 0 aromatic heterocycles. The van der Waals surface area contributed by atoms with Crippen LogP contribution in [0.1, 0.15) is 27.2 Å². The molecule has 0 saturated carbocycles. The number of rotatable bonds is 5. The van der Waals surface area contributed by atoms with Gasteiger partial charge in [0.15, 0.2) is 0 Å². The van der Waals surface area contributed by atoms with E-state index in [0.29, 0.717) is 0 Å². The molecule has 2 heteroatoms. The second-order valence-electron chi connectivity index (χ2n) is 2.80. The van der Waals surface area contributed by atoms with Crippen molar-refractivity contribution in [2.75, 3.05) is 0 Å². The molecule has 78 valence electrons. The van der Waals surface area contributed by atoms with E-state index < -0.39 is 0 Å². The first-order valence-corrected chi connectivity index (χ1v) is 5.83. The molecule has 0 aliphatic carbocycles. The molecule has 0 unspecified atom stereocenters. The molecular formula is C12H17ClS. The lowest BCUT2D eigenvalue weighted by molar-refractivity contribution is 1.22. The molecule has 0 saturated heterocycles. The van der Waals surface area contributed by atoms with Crippen molar-refractivity contribution in [2.45, 2.75) is 27.2 Å². The van der Waals surface area contributed by atoms with Crippen LogP contribution in [0.4, 0.5) is 0 Å². The van der Waals surface area contributed by atoms with Gasteiger partial charge in [0.2, 0.25) is 0 Å². The Morgan fingerprint density at radius 1 is 1.50 bits per heavy atom. The molecule has 0 fully saturated rings. The fraction of sp³-hybridized carbons (Fsp3) is 0.333. The number of allylic oxidation sites excluding steroid dienone is 5. The van der Waals surface area contributed by atoms with Crippen LogP contribution in [0.5, 0.6) is 0 Å². The minimum atomic E-state index is 0.766. The van der Waals surface area contributed by atoms with Crippen molar-refractivity contribution in [3.63, 3.8) is 0 Å². The topological polar surface area (TPSA) is 0 Å². The number of hydrogen-bond donors (Lipinski definition) is 0. The van der Waals surface area contributed by atoms with E-state index in [4.69, 9.17) is 11.6 Å². The normalized spacial score (nSPS) is 13.7. The third kappa shape index (κ3) is 6.11. The summed E-state index contributed by atoms with van der Waals surface area (Å²) < 4.78 is 0.766. The SMILES string of the molecule is C=C(SC(Cl)=CC)C(C)=CC=CCC. The van der Waals surface area contributed by atoms with Gasteiger partial charge in [-0.1, -0.05) is 61.2 Å². The molecular weight excluding hydrogens is 212 g/mol. The lowest BCUT2D eigenvalue weighted by atomic mass is 10.2. The molecule has 0 aliphatic heterocycles. The number of hydrogen-bond acceptors (Lipinski definition) is 1. The monoisotopic (exact) mass is 228 g/mol.